The molecule has 2 saturated heterocycles. The highest BCUT2D eigenvalue weighted by molar-refractivity contribution is 8.02. The van der Waals surface area contributed by atoms with Crippen molar-refractivity contribution in [2.45, 2.75) is 102 Å². The monoisotopic (exact) mass is 621 g/mol. The van der Waals surface area contributed by atoms with E-state index in [1.807, 2.05) is 54.0 Å². The van der Waals surface area contributed by atoms with Gasteiger partial charge < -0.3 is 19.8 Å². The molecule has 5 rings (SSSR count). The number of aliphatic hydroxyl groups excluding tert-OH is 1. The molecule has 1 aromatic rings. The van der Waals surface area contributed by atoms with Gasteiger partial charge in [0.15, 0.2) is 0 Å². The molecule has 1 unspecified atom stereocenters. The summed E-state index contributed by atoms with van der Waals surface area (Å²) in [6.45, 7) is 18.0. The predicted octanol–water partition coefficient (Wildman–Crippen LogP) is 5.29. The molecular weight excluding hydrogens is 570 g/mol. The summed E-state index contributed by atoms with van der Waals surface area (Å²) in [6, 6.07) is 8.60. The molecule has 2 fully saturated rings. The molecule has 4 heterocycles. The predicted molar refractivity (Wildman–Crippen MR) is 177 cm³/mol. The molecule has 0 radical (unpaired) electrons. The van der Waals surface area contributed by atoms with Crippen LogP contribution < -0.4 is 0 Å². The fraction of sp³-hybridized carbons (Fsp3) is 0.639. The van der Waals surface area contributed by atoms with E-state index in [9.17, 15) is 14.7 Å². The van der Waals surface area contributed by atoms with Gasteiger partial charge in [-0.2, -0.15) is 0 Å². The fourth-order valence-electron chi connectivity index (χ4n) is 8.57. The Morgan fingerprint density at radius 2 is 1.61 bits per heavy atom. The zero-order chi connectivity index (χ0) is 32.2. The first-order valence-corrected chi connectivity index (χ1v) is 17.0. The van der Waals surface area contributed by atoms with Crippen molar-refractivity contribution >= 4 is 29.5 Å². The van der Waals surface area contributed by atoms with E-state index >= 15 is 4.79 Å². The Hall–Kier alpha value is -2.58. The van der Waals surface area contributed by atoms with Crippen LogP contribution in [0.5, 0.6) is 0 Å². The lowest BCUT2D eigenvalue weighted by molar-refractivity contribution is -0.150. The van der Waals surface area contributed by atoms with Crippen molar-refractivity contribution in [1.82, 2.24) is 14.7 Å². The number of hydrogen-bond donors (Lipinski definition) is 1. The van der Waals surface area contributed by atoms with E-state index in [-0.39, 0.29) is 35.7 Å². The van der Waals surface area contributed by atoms with Crippen LogP contribution in [0.15, 0.2) is 54.6 Å². The van der Waals surface area contributed by atoms with Crippen molar-refractivity contribution in [3.8, 4) is 0 Å². The van der Waals surface area contributed by atoms with Crippen molar-refractivity contribution in [1.29, 1.82) is 0 Å². The number of thioether (sulfide) groups is 1. The molecule has 4 aliphatic heterocycles. The number of aliphatic hydroxyl groups is 1. The highest BCUT2D eigenvalue weighted by atomic mass is 32.2. The Balaban J connectivity index is 1.63. The maximum Gasteiger partial charge on any atom is 0.247 e. The van der Waals surface area contributed by atoms with E-state index in [1.165, 1.54) is 0 Å². The third-order valence-electron chi connectivity index (χ3n) is 10.3. The number of carbonyl (C=O) groups excluding carboxylic acids is 3. The third-order valence-corrected chi connectivity index (χ3v) is 12.1. The largest absolute Gasteiger partial charge is 0.394 e. The van der Waals surface area contributed by atoms with Gasteiger partial charge in [0, 0.05) is 29.9 Å². The minimum Gasteiger partial charge on any atom is -0.394 e. The molecule has 1 spiro atoms. The summed E-state index contributed by atoms with van der Waals surface area (Å²) in [5, 5.41) is 10.7. The SMILES string of the molecule is CC[C@H](C)[C@H](CO)N1C(=O)[C@@H]2[C@H]3C(=O)N(Cc4ccccc4)CC=C[C@@]3(C)S[C@@]23C=CCN(C(C)(C)CC(C)(C)C)C(=O)C13. The summed E-state index contributed by atoms with van der Waals surface area (Å²) >= 11 is 1.61. The maximum absolute atomic E-state index is 15.0. The zero-order valence-corrected chi connectivity index (χ0v) is 28.6. The van der Waals surface area contributed by atoms with Gasteiger partial charge in [-0.15, -0.1) is 11.8 Å². The van der Waals surface area contributed by atoms with E-state index in [1.54, 1.807) is 16.7 Å². The van der Waals surface area contributed by atoms with Gasteiger partial charge in [-0.25, -0.2) is 0 Å². The Morgan fingerprint density at radius 3 is 2.23 bits per heavy atom. The Morgan fingerprint density at radius 1 is 0.955 bits per heavy atom. The van der Waals surface area contributed by atoms with Gasteiger partial charge in [0.1, 0.15) is 6.04 Å². The van der Waals surface area contributed by atoms with Gasteiger partial charge in [0.2, 0.25) is 17.7 Å². The number of benzene rings is 1. The molecule has 44 heavy (non-hydrogen) atoms. The lowest BCUT2D eigenvalue weighted by Crippen LogP contribution is -2.61. The van der Waals surface area contributed by atoms with Crippen LogP contribution in [-0.4, -0.2) is 84.3 Å². The highest BCUT2D eigenvalue weighted by Gasteiger charge is 2.75. The van der Waals surface area contributed by atoms with E-state index in [0.717, 1.165) is 18.4 Å². The summed E-state index contributed by atoms with van der Waals surface area (Å²) in [7, 11) is 0. The average Bonchev–Trinajstić information content (AvgIpc) is 3.21. The molecular formula is C36H51N3O4S. The second kappa shape index (κ2) is 11.7. The zero-order valence-electron chi connectivity index (χ0n) is 27.7. The number of rotatable bonds is 8. The molecule has 7 atom stereocenters. The minimum absolute atomic E-state index is 0.0161. The lowest BCUT2D eigenvalue weighted by atomic mass is 9.74. The van der Waals surface area contributed by atoms with Crippen LogP contribution >= 0.6 is 11.8 Å². The Kier molecular flexibility index (Phi) is 8.69. The molecule has 1 aromatic carbocycles. The quantitative estimate of drug-likeness (QED) is 0.399. The van der Waals surface area contributed by atoms with Crippen LogP contribution in [0.25, 0.3) is 0 Å². The smallest absolute Gasteiger partial charge is 0.247 e. The summed E-state index contributed by atoms with van der Waals surface area (Å²) < 4.78 is -1.60. The molecule has 8 heteroatoms. The highest BCUT2D eigenvalue weighted by Crippen LogP contribution is 2.66. The second-order valence-corrected chi connectivity index (χ2v) is 17.2. The molecule has 0 aliphatic carbocycles. The van der Waals surface area contributed by atoms with Crippen LogP contribution in [0.2, 0.25) is 0 Å². The van der Waals surface area contributed by atoms with Gasteiger partial charge in [-0.05, 0) is 44.1 Å². The first-order valence-electron chi connectivity index (χ1n) is 16.2. The first-order chi connectivity index (χ1) is 20.6. The summed E-state index contributed by atoms with van der Waals surface area (Å²) in [5.41, 5.74) is 0.550. The van der Waals surface area contributed by atoms with Crippen molar-refractivity contribution in [2.24, 2.45) is 23.2 Å². The Bertz CT molecular complexity index is 1340. The average molecular weight is 622 g/mol. The van der Waals surface area contributed by atoms with Gasteiger partial charge >= 0.3 is 0 Å². The summed E-state index contributed by atoms with van der Waals surface area (Å²) in [5.74, 6) is -1.72. The Labute approximate surface area is 268 Å². The standard InChI is InChI=1S/C36H51N3O4S/c1-9-24(2)26(22-40)39-29-32(43)38(34(6,7)23-33(3,4)5)20-14-18-36(29)28(31(39)42)27-30(41)37(19-13-17-35(27,8)44-36)21-25-15-11-10-12-16-25/h10-18,24,26-29,40H,9,19-23H2,1-8H3/t24-,26-,27-,28-,29?,35+,36-/m0/s1. The molecule has 0 saturated carbocycles. The summed E-state index contributed by atoms with van der Waals surface area (Å²) in [4.78, 5) is 50.1. The van der Waals surface area contributed by atoms with Crippen LogP contribution in [0.1, 0.15) is 73.8 Å². The number of likely N-dealkylation sites (tertiary alicyclic amines) is 1. The van der Waals surface area contributed by atoms with Gasteiger partial charge in [0.25, 0.3) is 0 Å². The molecule has 0 bridgehead atoms. The van der Waals surface area contributed by atoms with Crippen LogP contribution in [-0.2, 0) is 20.9 Å². The molecule has 3 amide bonds. The molecule has 4 aliphatic rings. The van der Waals surface area contributed by atoms with Gasteiger partial charge in [-0.1, -0.05) is 95.7 Å². The molecule has 240 valence electrons. The fourth-order valence-corrected chi connectivity index (χ4v) is 10.7. The first kappa shape index (κ1) is 32.8. The van der Waals surface area contributed by atoms with Crippen molar-refractivity contribution < 1.29 is 19.5 Å². The number of fused-ring (bicyclic) bond motifs is 2. The van der Waals surface area contributed by atoms with E-state index in [4.69, 9.17) is 0 Å². The lowest BCUT2D eigenvalue weighted by Gasteiger charge is -2.46. The van der Waals surface area contributed by atoms with Crippen molar-refractivity contribution in [3.05, 3.63) is 60.2 Å². The topological polar surface area (TPSA) is 81.2 Å². The number of amides is 3. The van der Waals surface area contributed by atoms with Gasteiger partial charge in [0.05, 0.1) is 29.2 Å². The number of hydrogen-bond acceptors (Lipinski definition) is 5. The van der Waals surface area contributed by atoms with Crippen molar-refractivity contribution in [3.63, 3.8) is 0 Å². The van der Waals surface area contributed by atoms with Gasteiger partial charge in [-0.3, -0.25) is 14.4 Å². The maximum atomic E-state index is 15.0. The normalized spacial score (nSPS) is 31.9. The number of nitrogens with zero attached hydrogens (tertiary/aromatic N) is 3. The van der Waals surface area contributed by atoms with Crippen molar-refractivity contribution in [2.75, 3.05) is 19.7 Å². The summed E-state index contributed by atoms with van der Waals surface area (Å²) in [6.07, 6.45) is 9.84. The van der Waals surface area contributed by atoms with E-state index in [0.29, 0.717) is 19.6 Å². The van der Waals surface area contributed by atoms with E-state index in [2.05, 4.69) is 65.8 Å². The number of carbonyl (C=O) groups is 3. The van der Waals surface area contributed by atoms with Crippen LogP contribution in [0, 0.1) is 23.2 Å². The molecule has 1 N–H and O–H groups in total. The molecule has 0 aromatic heterocycles. The third kappa shape index (κ3) is 5.44. The van der Waals surface area contributed by atoms with E-state index < -0.39 is 39.0 Å². The van der Waals surface area contributed by atoms with Crippen LogP contribution in [0.4, 0.5) is 0 Å². The molecule has 7 nitrogen and oxygen atoms in total. The minimum atomic E-state index is -0.934. The second-order valence-electron chi connectivity index (χ2n) is 15.4. The van der Waals surface area contributed by atoms with Crippen LogP contribution in [0.3, 0.4) is 0 Å².